The summed E-state index contributed by atoms with van der Waals surface area (Å²) in [5.74, 6) is -0.526. The number of carbonyl (C=O) groups is 3. The molecule has 8 nitrogen and oxygen atoms in total. The molecule has 0 aromatic carbocycles. The maximum absolute atomic E-state index is 14.1. The van der Waals surface area contributed by atoms with Crippen LogP contribution in [-0.4, -0.2) is 79.7 Å². The van der Waals surface area contributed by atoms with Crippen molar-refractivity contribution in [2.75, 3.05) is 40.0 Å². The Balaban J connectivity index is 1.66. The van der Waals surface area contributed by atoms with E-state index in [2.05, 4.69) is 20.8 Å². The molecule has 0 radical (unpaired) electrons. The van der Waals surface area contributed by atoms with Crippen LogP contribution < -0.4 is 0 Å². The lowest BCUT2D eigenvalue weighted by Crippen LogP contribution is -2.62. The smallest absolute Gasteiger partial charge is 0.320 e. The Labute approximate surface area is 228 Å². The molecule has 4 atom stereocenters. The molecule has 214 valence electrons. The van der Waals surface area contributed by atoms with E-state index in [-0.39, 0.29) is 54.7 Å². The van der Waals surface area contributed by atoms with Gasteiger partial charge >= 0.3 is 5.97 Å². The number of ether oxygens (including phenoxy) is 3. The summed E-state index contributed by atoms with van der Waals surface area (Å²) in [5.41, 5.74) is -0.298. The zero-order chi connectivity index (χ0) is 27.3. The average Bonchev–Trinajstić information content (AvgIpc) is 3.77. The Kier molecular flexibility index (Phi) is 9.90. The van der Waals surface area contributed by atoms with Crippen LogP contribution in [0.5, 0.6) is 0 Å². The van der Waals surface area contributed by atoms with Gasteiger partial charge in [-0.15, -0.1) is 0 Å². The number of rotatable bonds is 12. The van der Waals surface area contributed by atoms with E-state index >= 15 is 0 Å². The molecule has 0 bridgehead atoms. The predicted molar refractivity (Wildman–Crippen MR) is 144 cm³/mol. The topological polar surface area (TPSA) is 85.4 Å². The molecule has 2 saturated heterocycles. The van der Waals surface area contributed by atoms with Crippen molar-refractivity contribution in [1.29, 1.82) is 0 Å². The van der Waals surface area contributed by atoms with E-state index in [1.165, 1.54) is 26.4 Å². The molecule has 0 aromatic rings. The number of fused-ring (bicyclic) bond motifs is 1. The highest BCUT2D eigenvalue weighted by atomic mass is 16.5. The molecular weight excluding hydrogens is 484 g/mol. The highest BCUT2D eigenvalue weighted by molar-refractivity contribution is 5.93. The zero-order valence-electron chi connectivity index (χ0n) is 23.9. The van der Waals surface area contributed by atoms with Gasteiger partial charge in [0.1, 0.15) is 5.41 Å². The lowest BCUT2D eigenvalue weighted by atomic mass is 9.64. The van der Waals surface area contributed by atoms with Crippen LogP contribution in [0.2, 0.25) is 0 Å². The zero-order valence-corrected chi connectivity index (χ0v) is 23.9. The number of piperidine rings is 1. The maximum Gasteiger partial charge on any atom is 0.320 e. The van der Waals surface area contributed by atoms with Crippen LogP contribution in [0.25, 0.3) is 0 Å². The van der Waals surface area contributed by atoms with Crippen molar-refractivity contribution in [3.63, 3.8) is 0 Å². The summed E-state index contributed by atoms with van der Waals surface area (Å²) in [4.78, 5) is 44.8. The molecule has 0 unspecified atom stereocenters. The number of unbranched alkanes of at least 4 members (excludes halogenated alkanes) is 5. The van der Waals surface area contributed by atoms with Crippen molar-refractivity contribution in [3.05, 3.63) is 11.8 Å². The summed E-state index contributed by atoms with van der Waals surface area (Å²) in [6.45, 7) is 9.10. The van der Waals surface area contributed by atoms with Gasteiger partial charge in [-0.1, -0.05) is 52.9 Å². The number of hydrogen-bond donors (Lipinski definition) is 0. The first-order valence-corrected chi connectivity index (χ1v) is 15.0. The highest BCUT2D eigenvalue weighted by Crippen LogP contribution is 2.56. The van der Waals surface area contributed by atoms with E-state index in [0.717, 1.165) is 37.8 Å². The number of morpholine rings is 1. The fourth-order valence-electron chi connectivity index (χ4n) is 6.48. The molecule has 4 rings (SSSR count). The maximum atomic E-state index is 14.1. The second kappa shape index (κ2) is 12.9. The van der Waals surface area contributed by atoms with Gasteiger partial charge in [-0.05, 0) is 43.6 Å². The van der Waals surface area contributed by atoms with Crippen molar-refractivity contribution in [3.8, 4) is 0 Å². The highest BCUT2D eigenvalue weighted by Gasteiger charge is 2.63. The molecule has 1 saturated carbocycles. The molecule has 38 heavy (non-hydrogen) atoms. The molecule has 0 N–H and O–H groups in total. The van der Waals surface area contributed by atoms with E-state index in [1.807, 2.05) is 11.0 Å². The lowest BCUT2D eigenvalue weighted by molar-refractivity contribution is -0.182. The third kappa shape index (κ3) is 6.11. The fraction of sp³-hybridized carbons (Fsp3) is 0.833. The van der Waals surface area contributed by atoms with Crippen molar-refractivity contribution in [2.24, 2.45) is 23.2 Å². The van der Waals surface area contributed by atoms with Crippen molar-refractivity contribution >= 4 is 17.8 Å². The summed E-state index contributed by atoms with van der Waals surface area (Å²) in [7, 11) is 1.43. The standard InChI is InChI=1S/C30H48N2O6/c1-5-6-7-8-9-10-13-32-25-19-24(21(2)3)38-27(22-11-12-22)30(25,29(35)36-4)20-23(28(32)34)18-26(33)31-14-16-37-17-15-31/h19,21-24,27H,5-18,20H2,1-4H3/t23-,24+,27+,30+/m0/s1. The predicted octanol–water partition coefficient (Wildman–Crippen LogP) is 4.32. The number of carbonyl (C=O) groups excluding carboxylic acids is 3. The van der Waals surface area contributed by atoms with Crippen molar-refractivity contribution < 1.29 is 28.6 Å². The number of methoxy groups -OCH3 is 1. The summed E-state index contributed by atoms with van der Waals surface area (Å²) < 4.78 is 17.5. The van der Waals surface area contributed by atoms with Gasteiger partial charge < -0.3 is 24.0 Å². The quantitative estimate of drug-likeness (QED) is 0.275. The molecular formula is C30H48N2O6. The SMILES string of the molecule is CCCCCCCCN1C(=O)[C@@H](CC(=O)N2CCOCC2)C[C@@]2(C(=O)OC)C1=C[C@H](C(C)C)O[C@@H]2C1CC1. The molecule has 3 heterocycles. The number of nitrogens with zero attached hydrogens (tertiary/aromatic N) is 2. The number of likely N-dealkylation sites (tertiary alicyclic amines) is 1. The van der Waals surface area contributed by atoms with Gasteiger partial charge in [0.15, 0.2) is 0 Å². The van der Waals surface area contributed by atoms with Crippen molar-refractivity contribution in [1.82, 2.24) is 9.80 Å². The van der Waals surface area contributed by atoms with Gasteiger partial charge in [-0.25, -0.2) is 0 Å². The minimum atomic E-state index is -1.06. The third-order valence-corrected chi connectivity index (χ3v) is 8.82. The number of esters is 1. The van der Waals surface area contributed by atoms with Gasteiger partial charge in [0.05, 0.1) is 32.5 Å². The van der Waals surface area contributed by atoms with Gasteiger partial charge in [0.25, 0.3) is 0 Å². The average molecular weight is 533 g/mol. The van der Waals surface area contributed by atoms with Crippen LogP contribution in [0, 0.1) is 23.2 Å². The molecule has 4 aliphatic rings. The molecule has 8 heteroatoms. The Morgan fingerprint density at radius 3 is 2.42 bits per heavy atom. The molecule has 0 aromatic heterocycles. The first-order chi connectivity index (χ1) is 18.3. The first kappa shape index (κ1) is 29.1. The van der Waals surface area contributed by atoms with Crippen LogP contribution >= 0.6 is 0 Å². The minimum Gasteiger partial charge on any atom is -0.468 e. The van der Waals surface area contributed by atoms with Crippen LogP contribution in [0.1, 0.15) is 85.0 Å². The van der Waals surface area contributed by atoms with Gasteiger partial charge in [-0.3, -0.25) is 14.4 Å². The normalized spacial score (nSPS) is 29.8. The molecule has 0 spiro atoms. The van der Waals surface area contributed by atoms with Crippen LogP contribution in [0.4, 0.5) is 0 Å². The number of hydrogen-bond acceptors (Lipinski definition) is 6. The Morgan fingerprint density at radius 2 is 1.79 bits per heavy atom. The third-order valence-electron chi connectivity index (χ3n) is 8.82. The van der Waals surface area contributed by atoms with Crippen molar-refractivity contribution in [2.45, 2.75) is 97.2 Å². The molecule has 2 amide bonds. The molecule has 3 fully saturated rings. The van der Waals surface area contributed by atoms with E-state index in [9.17, 15) is 14.4 Å². The van der Waals surface area contributed by atoms with E-state index in [1.54, 1.807) is 4.90 Å². The molecule has 3 aliphatic heterocycles. The van der Waals surface area contributed by atoms with Crippen LogP contribution in [0.3, 0.4) is 0 Å². The largest absolute Gasteiger partial charge is 0.468 e. The minimum absolute atomic E-state index is 0.0371. The monoisotopic (exact) mass is 532 g/mol. The summed E-state index contributed by atoms with van der Waals surface area (Å²) in [6, 6.07) is 0. The second-order valence-electron chi connectivity index (χ2n) is 12.0. The summed E-state index contributed by atoms with van der Waals surface area (Å²) >= 11 is 0. The van der Waals surface area contributed by atoms with Crippen LogP contribution in [-0.2, 0) is 28.6 Å². The lowest BCUT2D eigenvalue weighted by Gasteiger charge is -2.53. The van der Waals surface area contributed by atoms with E-state index in [4.69, 9.17) is 14.2 Å². The number of amides is 2. The van der Waals surface area contributed by atoms with E-state index < -0.39 is 11.3 Å². The van der Waals surface area contributed by atoms with Gasteiger partial charge in [-0.2, -0.15) is 0 Å². The fourth-order valence-corrected chi connectivity index (χ4v) is 6.48. The molecule has 1 aliphatic carbocycles. The van der Waals surface area contributed by atoms with E-state index in [0.29, 0.717) is 32.8 Å². The van der Waals surface area contributed by atoms with Gasteiger partial charge in [0.2, 0.25) is 11.8 Å². The Morgan fingerprint density at radius 1 is 1.11 bits per heavy atom. The second-order valence-corrected chi connectivity index (χ2v) is 12.0. The first-order valence-electron chi connectivity index (χ1n) is 15.0. The Hall–Kier alpha value is -1.93. The van der Waals surface area contributed by atoms with Gasteiger partial charge in [0, 0.05) is 37.7 Å². The Bertz CT molecular complexity index is 878. The van der Waals surface area contributed by atoms with Crippen LogP contribution in [0.15, 0.2) is 11.8 Å². The summed E-state index contributed by atoms with van der Waals surface area (Å²) in [6.07, 6.45) is 10.5. The summed E-state index contributed by atoms with van der Waals surface area (Å²) in [5, 5.41) is 0.